The summed E-state index contributed by atoms with van der Waals surface area (Å²) in [5, 5.41) is 12.9. The molecular weight excluding hydrogens is 330 g/mol. The Bertz CT molecular complexity index is 624. The van der Waals surface area contributed by atoms with Crippen LogP contribution in [0.3, 0.4) is 0 Å². The van der Waals surface area contributed by atoms with Gasteiger partial charge in [0.05, 0.1) is 15.9 Å². The molecule has 0 bridgehead atoms. The molecule has 1 aromatic carbocycles. The Kier molecular flexibility index (Phi) is 4.21. The number of hydrogen-bond donors (Lipinski definition) is 0. The molecule has 19 heavy (non-hydrogen) atoms. The van der Waals surface area contributed by atoms with E-state index >= 15 is 0 Å². The molecule has 0 aliphatic rings. The van der Waals surface area contributed by atoms with E-state index in [1.54, 1.807) is 24.3 Å². The van der Waals surface area contributed by atoms with Gasteiger partial charge >= 0.3 is 0 Å². The quantitative estimate of drug-likeness (QED) is 0.602. The highest BCUT2D eigenvalue weighted by molar-refractivity contribution is 9.10. The number of rotatable bonds is 4. The third-order valence-electron chi connectivity index (χ3n) is 2.74. The topological polar surface area (TPSA) is 52.4 Å². The van der Waals surface area contributed by atoms with Crippen LogP contribution in [0.25, 0.3) is 0 Å². The minimum atomic E-state index is -0.386. The van der Waals surface area contributed by atoms with Crippen molar-refractivity contribution in [3.63, 3.8) is 0 Å². The predicted molar refractivity (Wildman–Crippen MR) is 78.9 cm³/mol. The summed E-state index contributed by atoms with van der Waals surface area (Å²) in [5.41, 5.74) is 1.63. The highest BCUT2D eigenvalue weighted by Crippen LogP contribution is 2.30. The molecule has 0 aliphatic carbocycles. The molecule has 1 heterocycles. The SMILES string of the molecule is Cc1cc(C)c([N+](=O)[O-])cc1OCc1sccc1Br. The molecule has 0 fully saturated rings. The number of nitro benzene ring substituents is 1. The van der Waals surface area contributed by atoms with Gasteiger partial charge < -0.3 is 4.74 Å². The summed E-state index contributed by atoms with van der Waals surface area (Å²) in [7, 11) is 0. The van der Waals surface area contributed by atoms with Gasteiger partial charge in [-0.25, -0.2) is 0 Å². The maximum Gasteiger partial charge on any atom is 0.276 e. The molecule has 0 saturated carbocycles. The van der Waals surface area contributed by atoms with E-state index in [1.165, 1.54) is 6.07 Å². The normalized spacial score (nSPS) is 10.5. The van der Waals surface area contributed by atoms with Crippen molar-refractivity contribution in [2.45, 2.75) is 20.5 Å². The minimum absolute atomic E-state index is 0.0887. The first-order valence-corrected chi connectivity index (χ1v) is 7.26. The molecule has 0 atom stereocenters. The van der Waals surface area contributed by atoms with E-state index in [9.17, 15) is 10.1 Å². The second-order valence-electron chi connectivity index (χ2n) is 4.14. The summed E-state index contributed by atoms with van der Waals surface area (Å²) in [4.78, 5) is 11.6. The van der Waals surface area contributed by atoms with E-state index in [4.69, 9.17) is 4.74 Å². The second-order valence-corrected chi connectivity index (χ2v) is 6.00. The third-order valence-corrected chi connectivity index (χ3v) is 4.64. The van der Waals surface area contributed by atoms with Crippen LogP contribution in [0.2, 0.25) is 0 Å². The fourth-order valence-corrected chi connectivity index (χ4v) is 3.12. The van der Waals surface area contributed by atoms with Crippen LogP contribution in [0.1, 0.15) is 16.0 Å². The maximum atomic E-state index is 10.9. The van der Waals surface area contributed by atoms with Crippen LogP contribution in [0.5, 0.6) is 5.75 Å². The number of ether oxygens (including phenoxy) is 1. The molecular formula is C13H12BrNO3S. The van der Waals surface area contributed by atoms with Gasteiger partial charge in [0.2, 0.25) is 0 Å². The van der Waals surface area contributed by atoms with Crippen LogP contribution in [-0.4, -0.2) is 4.92 Å². The van der Waals surface area contributed by atoms with Crippen molar-refractivity contribution < 1.29 is 9.66 Å². The fraction of sp³-hybridized carbons (Fsp3) is 0.231. The van der Waals surface area contributed by atoms with Crippen LogP contribution in [0.15, 0.2) is 28.1 Å². The lowest BCUT2D eigenvalue weighted by atomic mass is 10.1. The average molecular weight is 342 g/mol. The number of benzene rings is 1. The highest BCUT2D eigenvalue weighted by Gasteiger charge is 2.15. The predicted octanol–water partition coefficient (Wildman–Crippen LogP) is 4.61. The molecule has 100 valence electrons. The van der Waals surface area contributed by atoms with Gasteiger partial charge in [0.1, 0.15) is 12.4 Å². The zero-order chi connectivity index (χ0) is 14.0. The number of nitrogens with zero attached hydrogens (tertiary/aromatic N) is 1. The third kappa shape index (κ3) is 3.13. The monoisotopic (exact) mass is 341 g/mol. The van der Waals surface area contributed by atoms with Crippen molar-refractivity contribution in [3.05, 3.63) is 54.2 Å². The molecule has 0 unspecified atom stereocenters. The maximum absolute atomic E-state index is 10.9. The first-order chi connectivity index (χ1) is 8.99. The summed E-state index contributed by atoms with van der Waals surface area (Å²) in [6, 6.07) is 5.22. The number of aryl methyl sites for hydroxylation is 2. The van der Waals surface area contributed by atoms with Crippen molar-refractivity contribution in [1.29, 1.82) is 0 Å². The van der Waals surface area contributed by atoms with Crippen molar-refractivity contribution in [3.8, 4) is 5.75 Å². The first-order valence-electron chi connectivity index (χ1n) is 5.59. The van der Waals surface area contributed by atoms with E-state index in [-0.39, 0.29) is 10.6 Å². The van der Waals surface area contributed by atoms with Crippen LogP contribution < -0.4 is 4.74 Å². The van der Waals surface area contributed by atoms with Gasteiger partial charge in [0.25, 0.3) is 5.69 Å². The van der Waals surface area contributed by atoms with Gasteiger partial charge in [-0.05, 0) is 52.9 Å². The fourth-order valence-electron chi connectivity index (χ4n) is 1.75. The van der Waals surface area contributed by atoms with Crippen LogP contribution in [0, 0.1) is 24.0 Å². The summed E-state index contributed by atoms with van der Waals surface area (Å²) in [6.07, 6.45) is 0. The molecule has 0 spiro atoms. The molecule has 4 nitrogen and oxygen atoms in total. The van der Waals surface area contributed by atoms with Gasteiger partial charge in [0.15, 0.2) is 0 Å². The molecule has 0 saturated heterocycles. The Morgan fingerprint density at radius 1 is 1.37 bits per heavy atom. The van der Waals surface area contributed by atoms with E-state index in [1.807, 2.05) is 18.4 Å². The standard InChI is InChI=1S/C13H12BrNO3S/c1-8-5-9(2)12(6-11(8)15(16)17)18-7-13-10(14)3-4-19-13/h3-6H,7H2,1-2H3. The van der Waals surface area contributed by atoms with E-state index in [0.29, 0.717) is 17.9 Å². The summed E-state index contributed by atoms with van der Waals surface area (Å²) < 4.78 is 6.68. The molecule has 1 aromatic heterocycles. The van der Waals surface area contributed by atoms with Gasteiger partial charge in [0, 0.05) is 10.0 Å². The van der Waals surface area contributed by atoms with E-state index in [0.717, 1.165) is 14.9 Å². The second kappa shape index (κ2) is 5.71. The largest absolute Gasteiger partial charge is 0.487 e. The molecule has 2 rings (SSSR count). The Hall–Kier alpha value is -1.40. The van der Waals surface area contributed by atoms with Gasteiger partial charge in [-0.3, -0.25) is 10.1 Å². The molecule has 0 N–H and O–H groups in total. The number of hydrogen-bond acceptors (Lipinski definition) is 4. The van der Waals surface area contributed by atoms with Crippen molar-refractivity contribution >= 4 is 33.0 Å². The molecule has 0 aliphatic heterocycles. The zero-order valence-corrected chi connectivity index (χ0v) is 12.9. The van der Waals surface area contributed by atoms with Gasteiger partial charge in [-0.15, -0.1) is 11.3 Å². The van der Waals surface area contributed by atoms with Crippen LogP contribution >= 0.6 is 27.3 Å². The Morgan fingerprint density at radius 2 is 2.11 bits per heavy atom. The summed E-state index contributed by atoms with van der Waals surface area (Å²) in [6.45, 7) is 4.01. The number of nitro groups is 1. The Balaban J connectivity index is 2.23. The van der Waals surface area contributed by atoms with Crippen molar-refractivity contribution in [1.82, 2.24) is 0 Å². The molecule has 0 radical (unpaired) electrons. The lowest BCUT2D eigenvalue weighted by molar-refractivity contribution is -0.385. The zero-order valence-electron chi connectivity index (χ0n) is 10.5. The Labute approximate surface area is 123 Å². The summed E-state index contributed by atoms with van der Waals surface area (Å²) in [5.74, 6) is 0.553. The highest BCUT2D eigenvalue weighted by atomic mass is 79.9. The molecule has 0 amide bonds. The number of halogens is 1. The van der Waals surface area contributed by atoms with Crippen molar-refractivity contribution in [2.75, 3.05) is 0 Å². The van der Waals surface area contributed by atoms with Gasteiger partial charge in [-0.1, -0.05) is 0 Å². The minimum Gasteiger partial charge on any atom is -0.487 e. The molecule has 6 heteroatoms. The van der Waals surface area contributed by atoms with Gasteiger partial charge in [-0.2, -0.15) is 0 Å². The van der Waals surface area contributed by atoms with Crippen LogP contribution in [-0.2, 0) is 6.61 Å². The lowest BCUT2D eigenvalue weighted by Gasteiger charge is -2.09. The molecule has 2 aromatic rings. The average Bonchev–Trinajstić information content (AvgIpc) is 2.73. The number of thiophene rings is 1. The van der Waals surface area contributed by atoms with E-state index in [2.05, 4.69) is 15.9 Å². The smallest absolute Gasteiger partial charge is 0.276 e. The Morgan fingerprint density at radius 3 is 2.68 bits per heavy atom. The van der Waals surface area contributed by atoms with E-state index < -0.39 is 0 Å². The van der Waals surface area contributed by atoms with Crippen LogP contribution in [0.4, 0.5) is 5.69 Å². The van der Waals surface area contributed by atoms with Crippen molar-refractivity contribution in [2.24, 2.45) is 0 Å². The first kappa shape index (κ1) is 14.0. The summed E-state index contributed by atoms with van der Waals surface area (Å²) >= 11 is 5.01. The lowest BCUT2D eigenvalue weighted by Crippen LogP contribution is -1.99.